The molecule has 4 heterocycles. The number of aryl methyl sites for hydroxylation is 1. The molecule has 3 aromatic rings. The van der Waals surface area contributed by atoms with Crippen LogP contribution in [-0.4, -0.2) is 68.4 Å². The lowest BCUT2D eigenvalue weighted by atomic mass is 10.2. The highest BCUT2D eigenvalue weighted by atomic mass is 32.2. The van der Waals surface area contributed by atoms with Crippen LogP contribution in [-0.2, 0) is 10.5 Å². The van der Waals surface area contributed by atoms with Gasteiger partial charge < -0.3 is 29.0 Å². The number of benzene rings is 1. The molecule has 0 bridgehead atoms. The summed E-state index contributed by atoms with van der Waals surface area (Å²) >= 11 is 1.51. The number of thioether (sulfide) groups is 1. The predicted molar refractivity (Wildman–Crippen MR) is 144 cm³/mol. The summed E-state index contributed by atoms with van der Waals surface area (Å²) in [6, 6.07) is 13.8. The summed E-state index contributed by atoms with van der Waals surface area (Å²) in [6.07, 6.45) is 2.13. The van der Waals surface area contributed by atoms with Gasteiger partial charge in [-0.05, 0) is 56.2 Å². The lowest BCUT2D eigenvalue weighted by Crippen LogP contribution is -2.46. The number of amides is 1. The van der Waals surface area contributed by atoms with Gasteiger partial charge in [-0.15, -0.1) is 0 Å². The molecule has 2 aromatic heterocycles. The van der Waals surface area contributed by atoms with Gasteiger partial charge in [-0.3, -0.25) is 4.79 Å². The van der Waals surface area contributed by atoms with Crippen LogP contribution in [0.4, 0.5) is 11.5 Å². The third kappa shape index (κ3) is 6.56. The summed E-state index contributed by atoms with van der Waals surface area (Å²) in [6.45, 7) is 6.88. The van der Waals surface area contributed by atoms with E-state index in [1.165, 1.54) is 17.4 Å². The molecule has 5 rings (SSSR count). The van der Waals surface area contributed by atoms with Crippen molar-refractivity contribution in [2.24, 2.45) is 0 Å². The van der Waals surface area contributed by atoms with E-state index >= 15 is 0 Å². The van der Waals surface area contributed by atoms with Crippen LogP contribution in [0.1, 0.15) is 34.9 Å². The van der Waals surface area contributed by atoms with Crippen molar-refractivity contribution in [3.8, 4) is 5.75 Å². The molecule has 196 valence electrons. The number of hydrogen-bond donors (Lipinski definition) is 1. The third-order valence-electron chi connectivity index (χ3n) is 6.60. The molecular formula is C27H33N5O4S. The Labute approximate surface area is 221 Å². The van der Waals surface area contributed by atoms with Crippen molar-refractivity contribution in [1.29, 1.82) is 0 Å². The van der Waals surface area contributed by atoms with Crippen molar-refractivity contribution in [2.75, 3.05) is 56.2 Å². The van der Waals surface area contributed by atoms with Crippen LogP contribution in [0, 0.1) is 6.92 Å². The summed E-state index contributed by atoms with van der Waals surface area (Å²) in [5.74, 6) is 3.17. The van der Waals surface area contributed by atoms with E-state index < -0.39 is 0 Å². The number of aromatic nitrogens is 2. The zero-order valence-corrected chi connectivity index (χ0v) is 22.1. The molecule has 1 unspecified atom stereocenters. The molecule has 10 heteroatoms. The zero-order valence-electron chi connectivity index (χ0n) is 21.3. The van der Waals surface area contributed by atoms with Gasteiger partial charge in [0.25, 0.3) is 5.91 Å². The molecule has 0 saturated carbocycles. The Bertz CT molecular complexity index is 1190. The average molecular weight is 524 g/mol. The molecule has 1 aromatic carbocycles. The SMILES string of the molecule is COc1ccc(N2CCN(c3cc(C)nc(SCc4ccc(C(=O)NCC5CCCO5)o4)n3)CC2)cc1. The van der Waals surface area contributed by atoms with E-state index in [1.54, 1.807) is 13.2 Å². The number of ether oxygens (including phenoxy) is 2. The molecule has 0 spiro atoms. The Hall–Kier alpha value is -3.24. The van der Waals surface area contributed by atoms with Crippen molar-refractivity contribution in [2.45, 2.75) is 36.8 Å². The van der Waals surface area contributed by atoms with E-state index in [-0.39, 0.29) is 12.0 Å². The summed E-state index contributed by atoms with van der Waals surface area (Å²) in [5.41, 5.74) is 2.13. The normalized spacial score (nSPS) is 17.7. The topological polar surface area (TPSA) is 93.0 Å². The fourth-order valence-corrected chi connectivity index (χ4v) is 5.34. The summed E-state index contributed by atoms with van der Waals surface area (Å²) in [4.78, 5) is 26.5. The fourth-order valence-electron chi connectivity index (χ4n) is 4.55. The van der Waals surface area contributed by atoms with E-state index in [4.69, 9.17) is 18.9 Å². The van der Waals surface area contributed by atoms with Crippen LogP contribution >= 0.6 is 11.8 Å². The van der Waals surface area contributed by atoms with E-state index in [0.717, 1.165) is 62.9 Å². The standard InChI is InChI=1S/C27H33N5O4S/c1-19-16-25(32-13-11-31(12-14-32)20-5-7-21(34-2)8-6-20)30-27(29-19)37-18-23-9-10-24(36-23)26(33)28-17-22-4-3-15-35-22/h5-10,16,22H,3-4,11-15,17-18H2,1-2H3,(H,28,33). The minimum absolute atomic E-state index is 0.104. The van der Waals surface area contributed by atoms with Gasteiger partial charge in [-0.25, -0.2) is 9.97 Å². The molecule has 0 radical (unpaired) electrons. The first kappa shape index (κ1) is 25.4. The van der Waals surface area contributed by atoms with Gasteiger partial charge in [-0.1, -0.05) is 11.8 Å². The van der Waals surface area contributed by atoms with Gasteiger partial charge in [0.15, 0.2) is 10.9 Å². The molecule has 0 aliphatic carbocycles. The largest absolute Gasteiger partial charge is 0.497 e. The lowest BCUT2D eigenvalue weighted by Gasteiger charge is -2.36. The average Bonchev–Trinajstić information content (AvgIpc) is 3.63. The van der Waals surface area contributed by atoms with Gasteiger partial charge in [0.1, 0.15) is 17.3 Å². The van der Waals surface area contributed by atoms with Crippen molar-refractivity contribution in [3.05, 3.63) is 59.7 Å². The molecule has 37 heavy (non-hydrogen) atoms. The molecule has 1 amide bonds. The minimum atomic E-state index is -0.213. The number of furan rings is 1. The quantitative estimate of drug-likeness (QED) is 0.331. The Balaban J connectivity index is 1.14. The zero-order chi connectivity index (χ0) is 25.6. The molecule has 2 saturated heterocycles. The van der Waals surface area contributed by atoms with E-state index in [9.17, 15) is 4.79 Å². The maximum absolute atomic E-state index is 12.4. The van der Waals surface area contributed by atoms with E-state index in [2.05, 4.69) is 32.2 Å². The Morgan fingerprint density at radius 2 is 1.89 bits per heavy atom. The second-order valence-corrected chi connectivity index (χ2v) is 10.2. The van der Waals surface area contributed by atoms with Gasteiger partial charge in [0.05, 0.1) is 19.0 Å². The molecule has 2 aliphatic heterocycles. The van der Waals surface area contributed by atoms with E-state index in [0.29, 0.717) is 29.0 Å². The monoisotopic (exact) mass is 523 g/mol. The van der Waals surface area contributed by atoms with Gasteiger partial charge in [0.2, 0.25) is 0 Å². The molecule has 1 atom stereocenters. The fraction of sp³-hybridized carbons (Fsp3) is 0.444. The van der Waals surface area contributed by atoms with Crippen LogP contribution < -0.4 is 19.9 Å². The number of carbonyl (C=O) groups excluding carboxylic acids is 1. The molecule has 9 nitrogen and oxygen atoms in total. The molecule has 2 aliphatic rings. The maximum Gasteiger partial charge on any atom is 0.287 e. The summed E-state index contributed by atoms with van der Waals surface area (Å²) < 4.78 is 16.6. The Morgan fingerprint density at radius 1 is 1.11 bits per heavy atom. The first-order valence-corrected chi connectivity index (χ1v) is 13.7. The van der Waals surface area contributed by atoms with Crippen molar-refractivity contribution in [1.82, 2.24) is 15.3 Å². The van der Waals surface area contributed by atoms with Crippen LogP contribution in [0.25, 0.3) is 0 Å². The number of rotatable bonds is 9. The molecule has 2 fully saturated rings. The minimum Gasteiger partial charge on any atom is -0.497 e. The Kier molecular flexibility index (Phi) is 8.15. The number of carbonyl (C=O) groups is 1. The number of nitrogens with zero attached hydrogens (tertiary/aromatic N) is 4. The second-order valence-electron chi connectivity index (χ2n) is 9.22. The van der Waals surface area contributed by atoms with Gasteiger partial charge in [0, 0.05) is 56.8 Å². The second kappa shape index (κ2) is 11.9. The first-order chi connectivity index (χ1) is 18.1. The van der Waals surface area contributed by atoms with Gasteiger partial charge in [-0.2, -0.15) is 0 Å². The highest BCUT2D eigenvalue weighted by Gasteiger charge is 2.21. The van der Waals surface area contributed by atoms with Crippen molar-refractivity contribution >= 4 is 29.2 Å². The van der Waals surface area contributed by atoms with Crippen LogP contribution in [0.2, 0.25) is 0 Å². The van der Waals surface area contributed by atoms with Crippen molar-refractivity contribution in [3.63, 3.8) is 0 Å². The third-order valence-corrected chi connectivity index (χ3v) is 7.47. The number of nitrogens with one attached hydrogen (secondary N) is 1. The Morgan fingerprint density at radius 3 is 2.62 bits per heavy atom. The number of methoxy groups -OCH3 is 1. The first-order valence-electron chi connectivity index (χ1n) is 12.7. The van der Waals surface area contributed by atoms with Crippen LogP contribution in [0.15, 0.2) is 52.0 Å². The number of anilines is 2. The maximum atomic E-state index is 12.4. The predicted octanol–water partition coefficient (Wildman–Crippen LogP) is 3.91. The smallest absolute Gasteiger partial charge is 0.287 e. The van der Waals surface area contributed by atoms with Gasteiger partial charge >= 0.3 is 0 Å². The molecular weight excluding hydrogens is 490 g/mol. The van der Waals surface area contributed by atoms with Crippen molar-refractivity contribution < 1.29 is 18.7 Å². The van der Waals surface area contributed by atoms with Crippen LogP contribution in [0.3, 0.4) is 0 Å². The lowest BCUT2D eigenvalue weighted by molar-refractivity contribution is 0.0834. The summed E-state index contributed by atoms with van der Waals surface area (Å²) in [5, 5.41) is 3.60. The molecule has 1 N–H and O–H groups in total. The van der Waals surface area contributed by atoms with Crippen LogP contribution in [0.5, 0.6) is 5.75 Å². The number of hydrogen-bond acceptors (Lipinski definition) is 9. The number of piperazine rings is 1. The van der Waals surface area contributed by atoms with E-state index in [1.807, 2.05) is 31.2 Å². The highest BCUT2D eigenvalue weighted by Crippen LogP contribution is 2.26. The highest BCUT2D eigenvalue weighted by molar-refractivity contribution is 7.98. The summed E-state index contributed by atoms with van der Waals surface area (Å²) in [7, 11) is 1.68.